The first-order valence-electron chi connectivity index (χ1n) is 9.05. The molecule has 0 saturated carbocycles. The lowest BCUT2D eigenvalue weighted by Crippen LogP contribution is -2.41. The van der Waals surface area contributed by atoms with Crippen molar-refractivity contribution in [2.45, 2.75) is 25.9 Å². The van der Waals surface area contributed by atoms with Crippen molar-refractivity contribution in [1.82, 2.24) is 10.2 Å². The summed E-state index contributed by atoms with van der Waals surface area (Å²) in [5, 5.41) is 4.16. The Bertz CT molecular complexity index is 591. The summed E-state index contributed by atoms with van der Waals surface area (Å²) in [6.45, 7) is 7.38. The van der Waals surface area contributed by atoms with Gasteiger partial charge in [0.15, 0.2) is 5.96 Å². The van der Waals surface area contributed by atoms with E-state index in [2.05, 4.69) is 17.1 Å². The number of nitrogens with zero attached hydrogens (tertiary/aromatic N) is 2. The largest absolute Gasteiger partial charge is 0.381 e. The quantitative estimate of drug-likeness (QED) is 0.386. The van der Waals surface area contributed by atoms with Gasteiger partial charge in [0.05, 0.1) is 13.2 Å². The van der Waals surface area contributed by atoms with Crippen LogP contribution in [0.3, 0.4) is 0 Å². The molecule has 2 heterocycles. The maximum atomic E-state index is 5.98. The summed E-state index contributed by atoms with van der Waals surface area (Å²) in [4.78, 5) is 7.22. The molecule has 146 valence electrons. The van der Waals surface area contributed by atoms with Gasteiger partial charge in [0, 0.05) is 43.8 Å². The molecule has 26 heavy (non-hydrogen) atoms. The highest BCUT2D eigenvalue weighted by molar-refractivity contribution is 14.0. The van der Waals surface area contributed by atoms with Crippen LogP contribution in [-0.4, -0.2) is 57.4 Å². The molecule has 5 nitrogen and oxygen atoms in total. The Morgan fingerprint density at radius 1 is 1.38 bits per heavy atom. The monoisotopic (exact) mass is 493 g/mol. The van der Waals surface area contributed by atoms with Gasteiger partial charge in [0.25, 0.3) is 0 Å². The van der Waals surface area contributed by atoms with E-state index in [4.69, 9.17) is 26.1 Å². The summed E-state index contributed by atoms with van der Waals surface area (Å²) in [6, 6.07) is 7.78. The Kier molecular flexibility index (Phi) is 8.44. The first-order valence-corrected chi connectivity index (χ1v) is 9.43. The molecule has 1 spiro atoms. The van der Waals surface area contributed by atoms with Crippen LogP contribution < -0.4 is 5.32 Å². The average Bonchev–Trinajstić information content (AvgIpc) is 3.26. The Hall–Kier alpha value is -0.570. The van der Waals surface area contributed by atoms with Crippen molar-refractivity contribution in [2.24, 2.45) is 10.4 Å². The summed E-state index contributed by atoms with van der Waals surface area (Å²) in [7, 11) is 1.72. The lowest BCUT2D eigenvalue weighted by molar-refractivity contribution is 0.110. The van der Waals surface area contributed by atoms with Gasteiger partial charge in [0.2, 0.25) is 0 Å². The molecular weight excluding hydrogens is 465 g/mol. The van der Waals surface area contributed by atoms with Crippen LogP contribution in [0.4, 0.5) is 0 Å². The minimum Gasteiger partial charge on any atom is -0.381 e. The molecule has 1 aromatic rings. The van der Waals surface area contributed by atoms with E-state index < -0.39 is 0 Å². The Labute approximate surface area is 178 Å². The standard InChI is InChI=1S/C19H28ClN3O2.HI/c1-3-21-18(23-10-8-19(13-23)9-11-25-14-19)22-12-17(24-2)15-4-6-16(20)7-5-15;/h4-7,17H,3,8-14H2,1-2H3,(H,21,22);1H. The fraction of sp³-hybridized carbons (Fsp3) is 0.632. The van der Waals surface area contributed by atoms with E-state index in [1.165, 1.54) is 6.42 Å². The second kappa shape index (κ2) is 10.1. The minimum atomic E-state index is -0.0719. The number of hydrogen-bond donors (Lipinski definition) is 1. The first kappa shape index (κ1) is 21.7. The van der Waals surface area contributed by atoms with Crippen molar-refractivity contribution in [2.75, 3.05) is 46.5 Å². The summed E-state index contributed by atoms with van der Waals surface area (Å²) >= 11 is 5.98. The number of halogens is 2. The second-order valence-corrected chi connectivity index (χ2v) is 7.38. The van der Waals surface area contributed by atoms with Gasteiger partial charge in [-0.15, -0.1) is 24.0 Å². The Balaban J connectivity index is 0.00000243. The van der Waals surface area contributed by atoms with Crippen LogP contribution in [-0.2, 0) is 9.47 Å². The van der Waals surface area contributed by atoms with Gasteiger partial charge in [-0.05, 0) is 37.5 Å². The molecule has 0 amide bonds. The van der Waals surface area contributed by atoms with Crippen LogP contribution in [0.2, 0.25) is 5.02 Å². The van der Waals surface area contributed by atoms with Gasteiger partial charge in [-0.3, -0.25) is 4.99 Å². The molecule has 0 bridgehead atoms. The van der Waals surface area contributed by atoms with Gasteiger partial charge in [-0.25, -0.2) is 0 Å². The highest BCUT2D eigenvalue weighted by atomic mass is 127. The van der Waals surface area contributed by atoms with Crippen LogP contribution in [0.1, 0.15) is 31.4 Å². The van der Waals surface area contributed by atoms with Crippen molar-refractivity contribution in [3.05, 3.63) is 34.9 Å². The second-order valence-electron chi connectivity index (χ2n) is 6.94. The van der Waals surface area contributed by atoms with Crippen molar-refractivity contribution in [3.63, 3.8) is 0 Å². The van der Waals surface area contributed by atoms with Crippen LogP contribution >= 0.6 is 35.6 Å². The Morgan fingerprint density at radius 2 is 2.15 bits per heavy atom. The number of rotatable bonds is 5. The van der Waals surface area contributed by atoms with Crippen molar-refractivity contribution in [1.29, 1.82) is 0 Å². The molecule has 2 aliphatic heterocycles. The molecule has 2 aliphatic rings. The maximum Gasteiger partial charge on any atom is 0.194 e. The number of methoxy groups -OCH3 is 1. The molecule has 0 aromatic heterocycles. The van der Waals surface area contributed by atoms with Crippen molar-refractivity contribution in [3.8, 4) is 0 Å². The van der Waals surface area contributed by atoms with Crippen molar-refractivity contribution >= 4 is 41.5 Å². The third-order valence-electron chi connectivity index (χ3n) is 5.19. The molecule has 2 unspecified atom stereocenters. The number of hydrogen-bond acceptors (Lipinski definition) is 3. The summed E-state index contributed by atoms with van der Waals surface area (Å²) in [5.41, 5.74) is 1.42. The fourth-order valence-corrected chi connectivity index (χ4v) is 3.80. The molecule has 3 rings (SSSR count). The van der Waals surface area contributed by atoms with E-state index in [9.17, 15) is 0 Å². The normalized spacial score (nSPS) is 24.0. The number of guanidine groups is 1. The molecule has 2 atom stereocenters. The summed E-state index contributed by atoms with van der Waals surface area (Å²) in [5.74, 6) is 0.974. The molecule has 0 radical (unpaired) electrons. The van der Waals surface area contributed by atoms with Crippen LogP contribution in [0.15, 0.2) is 29.3 Å². The number of benzene rings is 1. The first-order chi connectivity index (χ1) is 12.2. The highest BCUT2D eigenvalue weighted by Crippen LogP contribution is 2.38. The molecule has 1 aromatic carbocycles. The lowest BCUT2D eigenvalue weighted by Gasteiger charge is -2.25. The third kappa shape index (κ3) is 5.24. The molecule has 0 aliphatic carbocycles. The van der Waals surface area contributed by atoms with E-state index in [1.54, 1.807) is 7.11 Å². The van der Waals surface area contributed by atoms with E-state index >= 15 is 0 Å². The minimum absolute atomic E-state index is 0. The molecule has 2 fully saturated rings. The number of nitrogens with one attached hydrogen (secondary N) is 1. The maximum absolute atomic E-state index is 5.98. The van der Waals surface area contributed by atoms with Gasteiger partial charge in [-0.1, -0.05) is 23.7 Å². The van der Waals surface area contributed by atoms with E-state index in [1.807, 2.05) is 24.3 Å². The molecule has 7 heteroatoms. The predicted octanol–water partition coefficient (Wildman–Crippen LogP) is 3.72. The topological polar surface area (TPSA) is 46.1 Å². The Morgan fingerprint density at radius 3 is 2.77 bits per heavy atom. The average molecular weight is 494 g/mol. The van der Waals surface area contributed by atoms with Gasteiger partial charge < -0.3 is 19.7 Å². The van der Waals surface area contributed by atoms with E-state index in [-0.39, 0.29) is 30.1 Å². The zero-order valence-corrected chi connectivity index (χ0v) is 18.6. The SMILES string of the molecule is CCNC(=NCC(OC)c1ccc(Cl)cc1)N1CCC2(CCOC2)C1.I. The number of ether oxygens (including phenoxy) is 2. The van der Waals surface area contributed by atoms with Crippen LogP contribution in [0, 0.1) is 5.41 Å². The summed E-state index contributed by atoms with van der Waals surface area (Å²) in [6.07, 6.45) is 2.27. The zero-order valence-electron chi connectivity index (χ0n) is 15.5. The van der Waals surface area contributed by atoms with Crippen LogP contribution in [0.25, 0.3) is 0 Å². The smallest absolute Gasteiger partial charge is 0.194 e. The van der Waals surface area contributed by atoms with Gasteiger partial charge in [0.1, 0.15) is 6.10 Å². The number of aliphatic imine (C=N–C) groups is 1. The summed E-state index contributed by atoms with van der Waals surface area (Å²) < 4.78 is 11.3. The van der Waals surface area contributed by atoms with Gasteiger partial charge >= 0.3 is 0 Å². The predicted molar refractivity (Wildman–Crippen MR) is 117 cm³/mol. The third-order valence-corrected chi connectivity index (χ3v) is 5.44. The molecule has 2 saturated heterocycles. The van der Waals surface area contributed by atoms with Gasteiger partial charge in [-0.2, -0.15) is 0 Å². The highest BCUT2D eigenvalue weighted by Gasteiger charge is 2.42. The fourth-order valence-electron chi connectivity index (χ4n) is 3.68. The molecule has 1 N–H and O–H groups in total. The molecular formula is C19H29ClIN3O2. The zero-order chi connectivity index (χ0) is 17.7. The lowest BCUT2D eigenvalue weighted by atomic mass is 9.87. The number of likely N-dealkylation sites (tertiary alicyclic amines) is 1. The van der Waals surface area contributed by atoms with E-state index in [0.29, 0.717) is 12.0 Å². The van der Waals surface area contributed by atoms with Crippen molar-refractivity contribution < 1.29 is 9.47 Å². The van der Waals surface area contributed by atoms with E-state index in [0.717, 1.165) is 55.8 Å². The van der Waals surface area contributed by atoms with Crippen LogP contribution in [0.5, 0.6) is 0 Å².